The molecule has 0 amide bonds. The van der Waals surface area contributed by atoms with Crippen molar-refractivity contribution in [2.24, 2.45) is 0 Å². The summed E-state index contributed by atoms with van der Waals surface area (Å²) >= 11 is 0. The zero-order valence-electron chi connectivity index (χ0n) is 49.1. The second-order valence-corrected chi connectivity index (χ2v) is 28.9. The highest BCUT2D eigenvalue weighted by molar-refractivity contribution is 5.85. The number of nitrogens with zero attached hydrogens (tertiary/aromatic N) is 2. The van der Waals surface area contributed by atoms with Crippen molar-refractivity contribution in [3.05, 3.63) is 153 Å². The van der Waals surface area contributed by atoms with E-state index in [1.807, 2.05) is 24.8 Å². The van der Waals surface area contributed by atoms with E-state index < -0.39 is 0 Å². The normalized spacial score (nSPS) is 13.1. The van der Waals surface area contributed by atoms with Gasteiger partial charge in [-0.15, -0.1) is 0 Å². The highest BCUT2D eigenvalue weighted by Crippen LogP contribution is 2.42. The molecule has 0 atom stereocenters. The molecular formula is C70H88N2. The molecule has 378 valence electrons. The molecule has 4 aromatic carbocycles. The zero-order chi connectivity index (χ0) is 53.9. The third kappa shape index (κ3) is 12.9. The minimum absolute atomic E-state index is 0.0684. The fourth-order valence-corrected chi connectivity index (χ4v) is 8.85. The van der Waals surface area contributed by atoms with Crippen LogP contribution in [0.3, 0.4) is 0 Å². The summed E-state index contributed by atoms with van der Waals surface area (Å²) in [5, 5.41) is 0. The lowest BCUT2D eigenvalue weighted by molar-refractivity contribution is 0.568. The lowest BCUT2D eigenvalue weighted by Crippen LogP contribution is -2.17. The van der Waals surface area contributed by atoms with Crippen LogP contribution in [0.2, 0.25) is 0 Å². The maximum atomic E-state index is 5.02. The van der Waals surface area contributed by atoms with Gasteiger partial charge in [0.25, 0.3) is 0 Å². The maximum absolute atomic E-state index is 5.02. The van der Waals surface area contributed by atoms with Crippen LogP contribution in [-0.2, 0) is 43.3 Å². The summed E-state index contributed by atoms with van der Waals surface area (Å²) in [6, 6.07) is 28.3. The Morgan fingerprint density at radius 3 is 0.528 bits per heavy atom. The van der Waals surface area contributed by atoms with Crippen molar-refractivity contribution in [1.82, 2.24) is 9.97 Å². The van der Waals surface area contributed by atoms with Gasteiger partial charge >= 0.3 is 0 Å². The van der Waals surface area contributed by atoms with E-state index in [1.165, 1.54) is 44.5 Å². The molecule has 0 saturated heterocycles. The van der Waals surface area contributed by atoms with Crippen LogP contribution in [0.4, 0.5) is 0 Å². The number of hydrogen-bond donors (Lipinski definition) is 0. The molecule has 0 spiro atoms. The van der Waals surface area contributed by atoms with Crippen molar-refractivity contribution in [2.75, 3.05) is 0 Å². The predicted octanol–water partition coefficient (Wildman–Crippen LogP) is 18.9. The molecule has 2 heterocycles. The number of pyridine rings is 2. The largest absolute Gasteiger partial charge is 0.263 e. The van der Waals surface area contributed by atoms with Crippen molar-refractivity contribution in [3.8, 4) is 68.2 Å². The average Bonchev–Trinajstić information content (AvgIpc) is 3.24. The standard InChI is InChI=1S/C70H88N2/c1-63(2,3)49-29-45(30-50(37-49)64(4,5)6)59-41-71-42-60(46-31-51(65(7,8)9)38-52(32-46)66(10,11)12)57(59)27-25-26-28-58-61(47-33-53(67(13,14)15)39-54(34-47)68(16,17)18)43-72-44-62(58)48-35-55(69(19,20)21)40-56(36-48)70(22,23)24/h29-44H,1-24H3. The fraction of sp³-hybridized carbons (Fsp3) is 0.457. The van der Waals surface area contributed by atoms with Gasteiger partial charge in [-0.25, -0.2) is 0 Å². The van der Waals surface area contributed by atoms with Crippen LogP contribution in [0, 0.1) is 23.7 Å². The van der Waals surface area contributed by atoms with Crippen LogP contribution in [0.1, 0.15) is 222 Å². The van der Waals surface area contributed by atoms with E-state index in [4.69, 9.17) is 9.97 Å². The maximum Gasteiger partial charge on any atom is 0.0443 e. The van der Waals surface area contributed by atoms with Gasteiger partial charge in [0.1, 0.15) is 0 Å². The number of aromatic nitrogens is 2. The van der Waals surface area contributed by atoms with Crippen molar-refractivity contribution in [2.45, 2.75) is 209 Å². The van der Waals surface area contributed by atoms with Gasteiger partial charge in [-0.1, -0.05) is 251 Å². The first-order valence-electron chi connectivity index (χ1n) is 26.4. The minimum atomic E-state index is -0.0684. The van der Waals surface area contributed by atoms with Crippen LogP contribution in [-0.4, -0.2) is 9.97 Å². The molecule has 2 heteroatoms. The Labute approximate surface area is 438 Å². The second-order valence-electron chi connectivity index (χ2n) is 28.9. The van der Waals surface area contributed by atoms with Crippen molar-refractivity contribution < 1.29 is 0 Å². The lowest BCUT2D eigenvalue weighted by atomic mass is 9.77. The van der Waals surface area contributed by atoms with Gasteiger partial charge in [0.2, 0.25) is 0 Å². The first-order chi connectivity index (χ1) is 32.7. The Morgan fingerprint density at radius 1 is 0.236 bits per heavy atom. The summed E-state index contributed by atoms with van der Waals surface area (Å²) in [4.78, 5) is 10.0. The molecule has 6 rings (SSSR count). The van der Waals surface area contributed by atoms with Crippen molar-refractivity contribution in [1.29, 1.82) is 0 Å². The summed E-state index contributed by atoms with van der Waals surface area (Å²) in [6.45, 7) is 55.1. The first-order valence-corrected chi connectivity index (χ1v) is 26.4. The SMILES string of the molecule is CC(C)(C)c1cc(-c2cncc(-c3cc(C(C)(C)C)cc(C(C)(C)C)c3)c2C#CC#Cc2c(-c3cc(C(C)(C)C)cc(C(C)(C)C)c3)cncc2-c2cc(C(C)(C)C)cc(C(C)(C)C)c2)cc(C(C)(C)C)c1. The van der Waals surface area contributed by atoms with E-state index in [9.17, 15) is 0 Å². The monoisotopic (exact) mass is 957 g/mol. The smallest absolute Gasteiger partial charge is 0.0443 e. The predicted molar refractivity (Wildman–Crippen MR) is 314 cm³/mol. The van der Waals surface area contributed by atoms with Crippen LogP contribution in [0.15, 0.2) is 97.6 Å². The van der Waals surface area contributed by atoms with Crippen LogP contribution >= 0.6 is 0 Å². The number of hydrogen-bond acceptors (Lipinski definition) is 2. The summed E-state index contributed by atoms with van der Waals surface area (Å²) in [5.74, 6) is 14.5. The fourth-order valence-electron chi connectivity index (χ4n) is 8.85. The average molecular weight is 957 g/mol. The molecule has 0 aliphatic heterocycles. The zero-order valence-corrected chi connectivity index (χ0v) is 49.1. The molecule has 0 unspecified atom stereocenters. The second kappa shape index (κ2) is 19.3. The molecule has 0 bridgehead atoms. The van der Waals surface area contributed by atoms with E-state index in [2.05, 4.69) is 263 Å². The van der Waals surface area contributed by atoms with Gasteiger partial charge in [0.15, 0.2) is 0 Å². The highest BCUT2D eigenvalue weighted by atomic mass is 14.6. The molecule has 0 aliphatic carbocycles. The van der Waals surface area contributed by atoms with Crippen molar-refractivity contribution >= 4 is 0 Å². The quantitative estimate of drug-likeness (QED) is 0.165. The van der Waals surface area contributed by atoms with E-state index in [-0.39, 0.29) is 43.3 Å². The molecule has 0 radical (unpaired) electrons. The van der Waals surface area contributed by atoms with E-state index in [0.717, 1.165) is 55.6 Å². The molecule has 0 saturated carbocycles. The van der Waals surface area contributed by atoms with Gasteiger partial charge < -0.3 is 0 Å². The number of benzene rings is 4. The summed E-state index contributed by atoms with van der Waals surface area (Å²) in [7, 11) is 0. The van der Waals surface area contributed by atoms with Crippen LogP contribution in [0.5, 0.6) is 0 Å². The van der Waals surface area contributed by atoms with Gasteiger partial charge in [-0.3, -0.25) is 9.97 Å². The Bertz CT molecular complexity index is 2590. The molecule has 2 nitrogen and oxygen atoms in total. The summed E-state index contributed by atoms with van der Waals surface area (Å²) in [5.41, 5.74) is 20.0. The van der Waals surface area contributed by atoms with E-state index >= 15 is 0 Å². The molecule has 0 fully saturated rings. The van der Waals surface area contributed by atoms with Gasteiger partial charge in [-0.05, 0) is 122 Å². The Kier molecular flexibility index (Phi) is 14.9. The Balaban J connectivity index is 1.74. The summed E-state index contributed by atoms with van der Waals surface area (Å²) < 4.78 is 0. The highest BCUT2D eigenvalue weighted by Gasteiger charge is 2.28. The van der Waals surface area contributed by atoms with Gasteiger partial charge in [0.05, 0.1) is 0 Å². The molecule has 2 aromatic heterocycles. The van der Waals surface area contributed by atoms with E-state index in [1.54, 1.807) is 0 Å². The molecule has 0 aliphatic rings. The molecule has 72 heavy (non-hydrogen) atoms. The topological polar surface area (TPSA) is 25.8 Å². The molecular weight excluding hydrogens is 869 g/mol. The summed E-state index contributed by atoms with van der Waals surface area (Å²) in [6.07, 6.45) is 8.04. The van der Waals surface area contributed by atoms with Gasteiger partial charge in [-0.2, -0.15) is 0 Å². The molecule has 6 aromatic rings. The first kappa shape index (κ1) is 55.6. The molecule has 0 N–H and O–H groups in total. The number of rotatable bonds is 4. The van der Waals surface area contributed by atoms with E-state index in [0.29, 0.717) is 0 Å². The van der Waals surface area contributed by atoms with Crippen LogP contribution < -0.4 is 0 Å². The minimum Gasteiger partial charge on any atom is -0.263 e. The third-order valence-corrected chi connectivity index (χ3v) is 14.2. The van der Waals surface area contributed by atoms with Crippen LogP contribution in [0.25, 0.3) is 44.5 Å². The lowest BCUT2D eigenvalue weighted by Gasteiger charge is -2.27. The Morgan fingerprint density at radius 2 is 0.389 bits per heavy atom. The van der Waals surface area contributed by atoms with Gasteiger partial charge in [0, 0.05) is 58.2 Å². The van der Waals surface area contributed by atoms with Crippen molar-refractivity contribution in [3.63, 3.8) is 0 Å². The third-order valence-electron chi connectivity index (χ3n) is 14.2. The Hall–Kier alpha value is -5.70.